The van der Waals surface area contributed by atoms with Gasteiger partial charge < -0.3 is 4.74 Å². The summed E-state index contributed by atoms with van der Waals surface area (Å²) in [5.41, 5.74) is 1.12. The van der Waals surface area contributed by atoms with E-state index in [1.807, 2.05) is 0 Å². The number of carbonyl (C=O) groups excluding carboxylic acids is 2. The summed E-state index contributed by atoms with van der Waals surface area (Å²) in [4.78, 5) is 26.7. The third kappa shape index (κ3) is 3.31. The van der Waals surface area contributed by atoms with Gasteiger partial charge in [-0.15, -0.1) is 13.2 Å². The molecule has 1 saturated heterocycles. The first-order valence-corrected chi connectivity index (χ1v) is 9.32. The fraction of sp³-hybridized carbons (Fsp3) is 0.368. The first-order chi connectivity index (χ1) is 13.1. The molecule has 148 valence electrons. The number of benzene rings is 1. The summed E-state index contributed by atoms with van der Waals surface area (Å²) in [7, 11) is 0. The minimum absolute atomic E-state index is 0.0667. The molecule has 3 aliphatic rings. The van der Waals surface area contributed by atoms with Crippen LogP contribution in [0, 0.1) is 23.7 Å². The maximum absolute atomic E-state index is 12.8. The number of hydrogen-bond donors (Lipinski definition) is 0. The molecule has 1 heterocycles. The molecule has 0 bridgehead atoms. The van der Waals surface area contributed by atoms with Crippen LogP contribution in [0.25, 0.3) is 0 Å². The average Bonchev–Trinajstić information content (AvgIpc) is 3.21. The van der Waals surface area contributed by atoms with Crippen LogP contribution in [0.15, 0.2) is 41.7 Å². The van der Waals surface area contributed by atoms with Crippen LogP contribution < -0.4 is 4.90 Å². The van der Waals surface area contributed by atoms with Crippen molar-refractivity contribution in [2.24, 2.45) is 23.7 Å². The summed E-state index contributed by atoms with van der Waals surface area (Å²) in [5.74, 6) is -2.41. The Morgan fingerprint density at radius 1 is 1.00 bits per heavy atom. The lowest BCUT2D eigenvalue weighted by Gasteiger charge is -2.25. The van der Waals surface area contributed by atoms with E-state index in [1.54, 1.807) is 13.0 Å². The summed E-state index contributed by atoms with van der Waals surface area (Å²) in [6.07, 6.45) is -1.87. The Morgan fingerprint density at radius 2 is 1.57 bits per heavy atom. The molecule has 2 fully saturated rings. The highest BCUT2D eigenvalue weighted by atomic mass is 35.5. The van der Waals surface area contributed by atoms with E-state index in [0.29, 0.717) is 15.7 Å². The smallest absolute Gasteiger partial charge is 0.410 e. The second kappa shape index (κ2) is 6.52. The van der Waals surface area contributed by atoms with Crippen molar-refractivity contribution in [2.75, 3.05) is 4.90 Å². The van der Waals surface area contributed by atoms with E-state index in [4.69, 9.17) is 23.2 Å². The maximum atomic E-state index is 12.8. The summed E-state index contributed by atoms with van der Waals surface area (Å²) in [6.45, 7) is 1.76. The number of imide groups is 1. The number of halogens is 5. The van der Waals surface area contributed by atoms with Gasteiger partial charge in [-0.25, -0.2) is 4.90 Å². The normalized spacial score (nSPS) is 29.4. The van der Waals surface area contributed by atoms with Crippen LogP contribution in [0.2, 0.25) is 10.0 Å². The summed E-state index contributed by atoms with van der Waals surface area (Å²) >= 11 is 11.9. The van der Waals surface area contributed by atoms with Crippen molar-refractivity contribution >= 4 is 40.7 Å². The van der Waals surface area contributed by atoms with Crippen molar-refractivity contribution in [3.63, 3.8) is 0 Å². The molecule has 4 atom stereocenters. The van der Waals surface area contributed by atoms with Gasteiger partial charge in [0.1, 0.15) is 5.76 Å². The van der Waals surface area contributed by atoms with Gasteiger partial charge in [-0.2, -0.15) is 0 Å². The predicted octanol–water partition coefficient (Wildman–Crippen LogP) is 5.12. The molecule has 0 spiro atoms. The van der Waals surface area contributed by atoms with Crippen molar-refractivity contribution in [3.05, 3.63) is 51.7 Å². The molecule has 1 aromatic carbocycles. The lowest BCUT2D eigenvalue weighted by molar-refractivity contribution is -0.306. The zero-order chi connectivity index (χ0) is 20.4. The molecule has 1 saturated carbocycles. The zero-order valence-electron chi connectivity index (χ0n) is 14.5. The molecule has 2 aliphatic carbocycles. The SMILES string of the molecule is CC1CC(OC(F)(F)F)=CC=C1C1[C@H]2C(=O)N(c3cc(Cl)cc(Cl)c3)C(=O)[C@@H]12. The van der Waals surface area contributed by atoms with E-state index in [9.17, 15) is 22.8 Å². The molecule has 1 aliphatic heterocycles. The van der Waals surface area contributed by atoms with Crippen molar-refractivity contribution in [1.82, 2.24) is 0 Å². The number of ether oxygens (including phenoxy) is 1. The second-order valence-corrected chi connectivity index (χ2v) is 8.04. The number of fused-ring (bicyclic) bond motifs is 1. The van der Waals surface area contributed by atoms with Crippen molar-refractivity contribution in [3.8, 4) is 0 Å². The second-order valence-electron chi connectivity index (χ2n) is 7.17. The van der Waals surface area contributed by atoms with Crippen molar-refractivity contribution < 1.29 is 27.5 Å². The number of hydrogen-bond acceptors (Lipinski definition) is 3. The fourth-order valence-corrected chi connectivity index (χ4v) is 4.69. The van der Waals surface area contributed by atoms with E-state index in [-0.39, 0.29) is 35.8 Å². The molecule has 9 heteroatoms. The van der Waals surface area contributed by atoms with Gasteiger partial charge in [-0.1, -0.05) is 41.8 Å². The lowest BCUT2D eigenvalue weighted by Crippen LogP contribution is -2.35. The molecule has 28 heavy (non-hydrogen) atoms. The Labute approximate surface area is 168 Å². The van der Waals surface area contributed by atoms with E-state index in [1.165, 1.54) is 24.3 Å². The van der Waals surface area contributed by atoms with Gasteiger partial charge in [0.25, 0.3) is 0 Å². The number of amides is 2. The Kier molecular flexibility index (Phi) is 4.50. The minimum Gasteiger partial charge on any atom is -0.410 e. The van der Waals surface area contributed by atoms with Crippen LogP contribution in [0.4, 0.5) is 18.9 Å². The number of carbonyl (C=O) groups is 2. The monoisotopic (exact) mass is 431 g/mol. The molecule has 4 rings (SSSR count). The average molecular weight is 432 g/mol. The number of nitrogens with zero attached hydrogens (tertiary/aromatic N) is 1. The van der Waals surface area contributed by atoms with Crippen molar-refractivity contribution in [2.45, 2.75) is 19.7 Å². The van der Waals surface area contributed by atoms with Gasteiger partial charge in [0.05, 0.1) is 17.5 Å². The summed E-state index contributed by atoms with van der Waals surface area (Å²) < 4.78 is 41.1. The molecule has 4 nitrogen and oxygen atoms in total. The van der Waals surface area contributed by atoms with Gasteiger partial charge in [-0.05, 0) is 30.2 Å². The minimum atomic E-state index is -4.74. The van der Waals surface area contributed by atoms with Gasteiger partial charge in [0.15, 0.2) is 0 Å². The first kappa shape index (κ1) is 19.3. The van der Waals surface area contributed by atoms with Crippen LogP contribution in [-0.2, 0) is 14.3 Å². The van der Waals surface area contributed by atoms with Gasteiger partial charge >= 0.3 is 6.36 Å². The number of alkyl halides is 3. The van der Waals surface area contributed by atoms with E-state index < -0.39 is 18.2 Å². The summed E-state index contributed by atoms with van der Waals surface area (Å²) in [6, 6.07) is 4.49. The Balaban J connectivity index is 1.54. The largest absolute Gasteiger partial charge is 0.572 e. The van der Waals surface area contributed by atoms with Gasteiger partial charge in [0, 0.05) is 22.4 Å². The summed E-state index contributed by atoms with van der Waals surface area (Å²) in [5, 5.41) is 0.623. The van der Waals surface area contributed by atoms with E-state index >= 15 is 0 Å². The maximum Gasteiger partial charge on any atom is 0.572 e. The van der Waals surface area contributed by atoms with Crippen LogP contribution in [0.1, 0.15) is 13.3 Å². The fourth-order valence-electron chi connectivity index (χ4n) is 4.17. The predicted molar refractivity (Wildman–Crippen MR) is 96.5 cm³/mol. The quantitative estimate of drug-likeness (QED) is 0.624. The molecule has 1 aromatic rings. The van der Waals surface area contributed by atoms with E-state index in [2.05, 4.69) is 4.74 Å². The number of piperidine rings is 1. The highest BCUT2D eigenvalue weighted by Gasteiger charge is 2.68. The Bertz CT molecular complexity index is 899. The number of anilines is 1. The Morgan fingerprint density at radius 3 is 2.07 bits per heavy atom. The molecular weight excluding hydrogens is 418 g/mol. The third-order valence-corrected chi connectivity index (χ3v) is 5.74. The number of allylic oxidation sites excluding steroid dienone is 4. The number of rotatable bonds is 3. The van der Waals surface area contributed by atoms with Crippen LogP contribution >= 0.6 is 23.2 Å². The Hall–Kier alpha value is -1.99. The van der Waals surface area contributed by atoms with Crippen LogP contribution in [-0.4, -0.2) is 18.2 Å². The highest BCUT2D eigenvalue weighted by molar-refractivity contribution is 6.36. The van der Waals surface area contributed by atoms with Crippen LogP contribution in [0.3, 0.4) is 0 Å². The van der Waals surface area contributed by atoms with Gasteiger partial charge in [-0.3, -0.25) is 9.59 Å². The topological polar surface area (TPSA) is 46.6 Å². The molecular formula is C19H14Cl2F3NO3. The molecule has 0 radical (unpaired) electrons. The molecule has 2 unspecified atom stereocenters. The van der Waals surface area contributed by atoms with E-state index in [0.717, 1.165) is 10.5 Å². The molecule has 0 aromatic heterocycles. The standard InChI is InChI=1S/C19H14Cl2F3NO3/c1-8-4-12(28-19(22,23)24)2-3-13(8)14-15-16(14)18(27)25(17(15)26)11-6-9(20)5-10(21)7-11/h2-3,5-8,14-16H,4H2,1H3/t8?,14?,15-,16+. The third-order valence-electron chi connectivity index (χ3n) is 5.31. The highest BCUT2D eigenvalue weighted by Crippen LogP contribution is 2.60. The van der Waals surface area contributed by atoms with Crippen LogP contribution in [0.5, 0.6) is 0 Å². The molecule has 0 N–H and O–H groups in total. The lowest BCUT2D eigenvalue weighted by atomic mass is 9.87. The van der Waals surface area contributed by atoms with Crippen molar-refractivity contribution in [1.29, 1.82) is 0 Å². The first-order valence-electron chi connectivity index (χ1n) is 8.57. The van der Waals surface area contributed by atoms with Gasteiger partial charge in [0.2, 0.25) is 11.8 Å². The zero-order valence-corrected chi connectivity index (χ0v) is 16.0. The molecule has 2 amide bonds.